The highest BCUT2D eigenvalue weighted by atomic mass is 16.3. The summed E-state index contributed by atoms with van der Waals surface area (Å²) in [5.41, 5.74) is 7.72. The van der Waals surface area contributed by atoms with Crippen molar-refractivity contribution in [3.63, 3.8) is 0 Å². The van der Waals surface area contributed by atoms with Crippen molar-refractivity contribution in [1.82, 2.24) is 4.90 Å². The number of nitrogens with zero attached hydrogens (tertiary/aromatic N) is 1. The molecular weight excluding hydrogens is 204 g/mol. The molecule has 1 atom stereocenters. The summed E-state index contributed by atoms with van der Waals surface area (Å²) < 4.78 is 0. The number of carbonyl (C=O) groups excluding carboxylic acids is 1. The van der Waals surface area contributed by atoms with Gasteiger partial charge in [-0.25, -0.2) is 0 Å². The van der Waals surface area contributed by atoms with E-state index in [1.807, 2.05) is 13.0 Å². The summed E-state index contributed by atoms with van der Waals surface area (Å²) >= 11 is 0. The summed E-state index contributed by atoms with van der Waals surface area (Å²) in [5.74, 6) is -0.165. The Balaban J connectivity index is 2.92. The van der Waals surface area contributed by atoms with E-state index < -0.39 is 6.10 Å². The molecule has 1 amide bonds. The molecule has 0 aromatic heterocycles. The number of amides is 1. The van der Waals surface area contributed by atoms with Crippen molar-refractivity contribution in [3.8, 4) is 0 Å². The Morgan fingerprint density at radius 3 is 2.75 bits per heavy atom. The minimum atomic E-state index is -0.542. The Hall–Kier alpha value is -1.55. The van der Waals surface area contributed by atoms with Crippen LogP contribution in [-0.4, -0.2) is 35.6 Å². The summed E-state index contributed by atoms with van der Waals surface area (Å²) in [6, 6.07) is 5.36. The van der Waals surface area contributed by atoms with Crippen molar-refractivity contribution in [2.75, 3.05) is 19.3 Å². The van der Waals surface area contributed by atoms with Crippen molar-refractivity contribution in [2.24, 2.45) is 0 Å². The van der Waals surface area contributed by atoms with Crippen LogP contribution in [0.1, 0.15) is 22.8 Å². The number of nitrogens with two attached hydrogens (primary N) is 1. The Morgan fingerprint density at radius 2 is 2.19 bits per heavy atom. The highest BCUT2D eigenvalue weighted by molar-refractivity contribution is 5.99. The lowest BCUT2D eigenvalue weighted by Crippen LogP contribution is -2.33. The van der Waals surface area contributed by atoms with E-state index in [9.17, 15) is 9.90 Å². The predicted molar refractivity (Wildman–Crippen MR) is 64.2 cm³/mol. The number of aliphatic hydroxyl groups is 1. The van der Waals surface area contributed by atoms with Crippen LogP contribution in [0.3, 0.4) is 0 Å². The molecule has 0 heterocycles. The molecule has 0 fully saturated rings. The van der Waals surface area contributed by atoms with Crippen molar-refractivity contribution in [1.29, 1.82) is 0 Å². The molecule has 16 heavy (non-hydrogen) atoms. The van der Waals surface area contributed by atoms with Gasteiger partial charge in [-0.1, -0.05) is 12.1 Å². The van der Waals surface area contributed by atoms with Crippen LogP contribution in [0, 0.1) is 6.92 Å². The average molecular weight is 222 g/mol. The van der Waals surface area contributed by atoms with E-state index in [1.165, 1.54) is 4.90 Å². The first-order valence-corrected chi connectivity index (χ1v) is 5.22. The SMILES string of the molecule is Cc1cccc(C(=O)N(C)CC(C)O)c1N. The second kappa shape index (κ2) is 4.99. The number of nitrogen functional groups attached to an aromatic ring is 1. The Kier molecular flexibility index (Phi) is 3.90. The molecule has 0 aliphatic carbocycles. The number of benzene rings is 1. The standard InChI is InChI=1S/C12H18N2O2/c1-8-5-4-6-10(11(8)13)12(16)14(3)7-9(2)15/h4-6,9,15H,7,13H2,1-3H3. The maximum absolute atomic E-state index is 12.0. The number of anilines is 1. The lowest BCUT2D eigenvalue weighted by molar-refractivity contribution is 0.0704. The Bertz CT molecular complexity index is 389. The van der Waals surface area contributed by atoms with Gasteiger partial charge in [0.1, 0.15) is 0 Å². The van der Waals surface area contributed by atoms with Gasteiger partial charge in [-0.3, -0.25) is 4.79 Å². The van der Waals surface area contributed by atoms with E-state index >= 15 is 0 Å². The predicted octanol–water partition coefficient (Wildman–Crippen LogP) is 1.03. The van der Waals surface area contributed by atoms with Crippen LogP contribution >= 0.6 is 0 Å². The van der Waals surface area contributed by atoms with Crippen LogP contribution < -0.4 is 5.73 Å². The normalized spacial score (nSPS) is 12.2. The summed E-state index contributed by atoms with van der Waals surface area (Å²) in [6.07, 6.45) is -0.542. The Morgan fingerprint density at radius 1 is 1.56 bits per heavy atom. The number of carbonyl (C=O) groups is 1. The molecule has 88 valence electrons. The fourth-order valence-electron chi connectivity index (χ4n) is 1.55. The first kappa shape index (κ1) is 12.5. The van der Waals surface area contributed by atoms with E-state index in [-0.39, 0.29) is 5.91 Å². The van der Waals surface area contributed by atoms with E-state index in [4.69, 9.17) is 5.73 Å². The molecule has 0 bridgehead atoms. The lowest BCUT2D eigenvalue weighted by Gasteiger charge is -2.20. The minimum absolute atomic E-state index is 0.165. The number of aliphatic hydroxyl groups excluding tert-OH is 1. The van der Waals surface area contributed by atoms with Crippen molar-refractivity contribution >= 4 is 11.6 Å². The van der Waals surface area contributed by atoms with Crippen molar-refractivity contribution in [3.05, 3.63) is 29.3 Å². The molecule has 1 rings (SSSR count). The minimum Gasteiger partial charge on any atom is -0.398 e. The fourth-order valence-corrected chi connectivity index (χ4v) is 1.55. The molecule has 3 N–H and O–H groups in total. The molecule has 1 aromatic carbocycles. The van der Waals surface area contributed by atoms with Crippen LogP contribution in [0.15, 0.2) is 18.2 Å². The molecule has 4 nitrogen and oxygen atoms in total. The summed E-state index contributed by atoms with van der Waals surface area (Å²) in [7, 11) is 1.65. The van der Waals surface area contributed by atoms with Gasteiger partial charge in [0.15, 0.2) is 0 Å². The quantitative estimate of drug-likeness (QED) is 0.751. The molecule has 1 unspecified atom stereocenters. The first-order valence-electron chi connectivity index (χ1n) is 5.22. The number of hydrogen-bond acceptors (Lipinski definition) is 3. The van der Waals surface area contributed by atoms with Gasteiger partial charge >= 0.3 is 0 Å². The molecule has 0 saturated carbocycles. The van der Waals surface area contributed by atoms with E-state index in [1.54, 1.807) is 26.1 Å². The molecule has 1 aromatic rings. The third-order valence-electron chi connectivity index (χ3n) is 2.44. The summed E-state index contributed by atoms with van der Waals surface area (Å²) in [4.78, 5) is 13.5. The summed E-state index contributed by atoms with van der Waals surface area (Å²) in [6.45, 7) is 3.80. The van der Waals surface area contributed by atoms with Gasteiger partial charge in [-0.05, 0) is 25.5 Å². The van der Waals surface area contributed by atoms with Crippen LogP contribution in [0.25, 0.3) is 0 Å². The smallest absolute Gasteiger partial charge is 0.255 e. The van der Waals surface area contributed by atoms with Crippen LogP contribution in [0.2, 0.25) is 0 Å². The van der Waals surface area contributed by atoms with Crippen LogP contribution in [-0.2, 0) is 0 Å². The number of hydrogen-bond donors (Lipinski definition) is 2. The largest absolute Gasteiger partial charge is 0.398 e. The van der Waals surface area contributed by atoms with Gasteiger partial charge < -0.3 is 15.7 Å². The lowest BCUT2D eigenvalue weighted by atomic mass is 10.1. The zero-order valence-electron chi connectivity index (χ0n) is 9.90. The highest BCUT2D eigenvalue weighted by Gasteiger charge is 2.16. The van der Waals surface area contributed by atoms with E-state index in [0.717, 1.165) is 5.56 Å². The number of likely N-dealkylation sites (N-methyl/N-ethyl adjacent to an activating group) is 1. The van der Waals surface area contributed by atoms with Gasteiger partial charge in [-0.2, -0.15) is 0 Å². The molecular formula is C12H18N2O2. The average Bonchev–Trinajstić information content (AvgIpc) is 2.20. The summed E-state index contributed by atoms with van der Waals surface area (Å²) in [5, 5.41) is 9.22. The molecule has 0 radical (unpaired) electrons. The number of aryl methyl sites for hydroxylation is 1. The van der Waals surface area contributed by atoms with Gasteiger partial charge in [0, 0.05) is 19.3 Å². The maximum atomic E-state index is 12.0. The highest BCUT2D eigenvalue weighted by Crippen LogP contribution is 2.17. The maximum Gasteiger partial charge on any atom is 0.255 e. The monoisotopic (exact) mass is 222 g/mol. The fraction of sp³-hybridized carbons (Fsp3) is 0.417. The van der Waals surface area contributed by atoms with E-state index in [2.05, 4.69) is 0 Å². The Labute approximate surface area is 95.7 Å². The van der Waals surface area contributed by atoms with Crippen LogP contribution in [0.4, 0.5) is 5.69 Å². The molecule has 0 spiro atoms. The zero-order valence-corrected chi connectivity index (χ0v) is 9.90. The zero-order chi connectivity index (χ0) is 12.3. The topological polar surface area (TPSA) is 66.6 Å². The van der Waals surface area contributed by atoms with E-state index in [0.29, 0.717) is 17.8 Å². The number of para-hydroxylation sites is 1. The second-order valence-corrected chi connectivity index (χ2v) is 4.07. The van der Waals surface area contributed by atoms with Gasteiger partial charge in [-0.15, -0.1) is 0 Å². The molecule has 4 heteroatoms. The first-order chi connectivity index (χ1) is 7.43. The van der Waals surface area contributed by atoms with Gasteiger partial charge in [0.05, 0.1) is 11.7 Å². The third-order valence-corrected chi connectivity index (χ3v) is 2.44. The van der Waals surface area contributed by atoms with Gasteiger partial charge in [0.25, 0.3) is 5.91 Å². The van der Waals surface area contributed by atoms with Crippen molar-refractivity contribution in [2.45, 2.75) is 20.0 Å². The van der Waals surface area contributed by atoms with Crippen LogP contribution in [0.5, 0.6) is 0 Å². The third kappa shape index (κ3) is 2.73. The molecule has 0 saturated heterocycles. The van der Waals surface area contributed by atoms with Crippen molar-refractivity contribution < 1.29 is 9.90 Å². The molecule has 0 aliphatic heterocycles. The number of rotatable bonds is 3. The van der Waals surface area contributed by atoms with Gasteiger partial charge in [0.2, 0.25) is 0 Å². The second-order valence-electron chi connectivity index (χ2n) is 4.07. The molecule has 0 aliphatic rings.